The summed E-state index contributed by atoms with van der Waals surface area (Å²) in [5.41, 5.74) is 6.44. The second kappa shape index (κ2) is 6.46. The maximum atomic E-state index is 10.7. The Kier molecular flexibility index (Phi) is 5.24. The molecule has 5 nitrogen and oxygen atoms in total. The second-order valence-corrected chi connectivity index (χ2v) is 5.04. The van der Waals surface area contributed by atoms with E-state index in [9.17, 15) is 10.1 Å². The summed E-state index contributed by atoms with van der Waals surface area (Å²) in [7, 11) is 1.56. The zero-order valence-corrected chi connectivity index (χ0v) is 10.7. The maximum Gasteiger partial charge on any atom is 0.270 e. The van der Waals surface area contributed by atoms with Gasteiger partial charge >= 0.3 is 0 Å². The molecular formula is C11H16N2O3S. The molecule has 6 heteroatoms. The van der Waals surface area contributed by atoms with Crippen LogP contribution in [0.3, 0.4) is 0 Å². The highest BCUT2D eigenvalue weighted by Gasteiger charge is 2.12. The zero-order chi connectivity index (χ0) is 12.8. The van der Waals surface area contributed by atoms with Crippen LogP contribution in [0.25, 0.3) is 0 Å². The number of nitrogens with zero attached hydrogens (tertiary/aromatic N) is 1. The van der Waals surface area contributed by atoms with Crippen molar-refractivity contribution in [3.8, 4) is 5.75 Å². The van der Waals surface area contributed by atoms with Crippen molar-refractivity contribution in [1.82, 2.24) is 0 Å². The van der Waals surface area contributed by atoms with Gasteiger partial charge in [-0.25, -0.2) is 0 Å². The third-order valence-corrected chi connectivity index (χ3v) is 3.57. The molecule has 0 saturated carbocycles. The first-order valence-corrected chi connectivity index (χ1v) is 6.26. The van der Waals surface area contributed by atoms with E-state index >= 15 is 0 Å². The molecule has 0 amide bonds. The number of nitro benzene ring substituents is 1. The summed E-state index contributed by atoms with van der Waals surface area (Å²) in [5.74, 6) is 1.33. The lowest BCUT2D eigenvalue weighted by Crippen LogP contribution is -2.12. The Labute approximate surface area is 104 Å². The van der Waals surface area contributed by atoms with Crippen LogP contribution in [0.1, 0.15) is 12.5 Å². The van der Waals surface area contributed by atoms with E-state index in [1.54, 1.807) is 31.0 Å². The molecule has 0 aliphatic carbocycles. The molecule has 1 atom stereocenters. The predicted molar refractivity (Wildman–Crippen MR) is 69.5 cm³/mol. The SMILES string of the molecule is COc1ccc([N+](=O)[O-])cc1CSC(C)CN. The summed E-state index contributed by atoms with van der Waals surface area (Å²) >= 11 is 1.65. The molecule has 0 fully saturated rings. The maximum absolute atomic E-state index is 10.7. The van der Waals surface area contributed by atoms with Crippen molar-refractivity contribution in [2.45, 2.75) is 17.9 Å². The van der Waals surface area contributed by atoms with Gasteiger partial charge in [0.2, 0.25) is 0 Å². The number of hydrogen-bond acceptors (Lipinski definition) is 5. The first-order valence-electron chi connectivity index (χ1n) is 5.21. The summed E-state index contributed by atoms with van der Waals surface area (Å²) < 4.78 is 5.18. The van der Waals surface area contributed by atoms with Crippen LogP contribution in [0, 0.1) is 10.1 Å². The topological polar surface area (TPSA) is 78.4 Å². The highest BCUT2D eigenvalue weighted by atomic mass is 32.2. The Hall–Kier alpha value is -1.27. The molecule has 0 saturated heterocycles. The van der Waals surface area contributed by atoms with Crippen LogP contribution in [0.2, 0.25) is 0 Å². The van der Waals surface area contributed by atoms with Crippen LogP contribution >= 0.6 is 11.8 Å². The lowest BCUT2D eigenvalue weighted by Gasteiger charge is -2.11. The van der Waals surface area contributed by atoms with Gasteiger partial charge in [0.25, 0.3) is 5.69 Å². The minimum atomic E-state index is -0.403. The van der Waals surface area contributed by atoms with Gasteiger partial charge in [-0.2, -0.15) is 11.8 Å². The molecule has 1 aromatic carbocycles. The van der Waals surface area contributed by atoms with Crippen molar-refractivity contribution in [2.24, 2.45) is 5.73 Å². The van der Waals surface area contributed by atoms with E-state index in [4.69, 9.17) is 10.5 Å². The summed E-state index contributed by atoms with van der Waals surface area (Å²) in [5, 5.41) is 11.0. The summed E-state index contributed by atoms with van der Waals surface area (Å²) in [6.07, 6.45) is 0. The quantitative estimate of drug-likeness (QED) is 0.623. The number of nitro groups is 1. The molecule has 0 radical (unpaired) electrons. The standard InChI is InChI=1S/C11H16N2O3S/c1-8(6-12)17-7-9-5-10(13(14)15)3-4-11(9)16-2/h3-5,8H,6-7,12H2,1-2H3. The Morgan fingerprint density at radius 2 is 2.29 bits per heavy atom. The minimum Gasteiger partial charge on any atom is -0.496 e. The number of thioether (sulfide) groups is 1. The van der Waals surface area contributed by atoms with Gasteiger partial charge in [0.1, 0.15) is 5.75 Å². The summed E-state index contributed by atoms with van der Waals surface area (Å²) in [4.78, 5) is 10.3. The molecule has 0 bridgehead atoms. The van der Waals surface area contributed by atoms with E-state index < -0.39 is 4.92 Å². The lowest BCUT2D eigenvalue weighted by atomic mass is 10.2. The number of ether oxygens (including phenoxy) is 1. The van der Waals surface area contributed by atoms with Crippen molar-refractivity contribution in [3.05, 3.63) is 33.9 Å². The molecule has 94 valence electrons. The normalized spacial score (nSPS) is 12.2. The third-order valence-electron chi connectivity index (χ3n) is 2.33. The van der Waals surface area contributed by atoms with Crippen LogP contribution < -0.4 is 10.5 Å². The molecule has 17 heavy (non-hydrogen) atoms. The van der Waals surface area contributed by atoms with E-state index in [1.165, 1.54) is 6.07 Å². The number of rotatable bonds is 6. The molecule has 1 aromatic rings. The van der Waals surface area contributed by atoms with E-state index in [0.29, 0.717) is 23.3 Å². The highest BCUT2D eigenvalue weighted by Crippen LogP contribution is 2.28. The van der Waals surface area contributed by atoms with Crippen LogP contribution in [0.15, 0.2) is 18.2 Å². The van der Waals surface area contributed by atoms with Crippen LogP contribution in [-0.2, 0) is 5.75 Å². The van der Waals surface area contributed by atoms with E-state index in [1.807, 2.05) is 6.92 Å². The van der Waals surface area contributed by atoms with Gasteiger partial charge < -0.3 is 10.5 Å². The Morgan fingerprint density at radius 3 is 2.82 bits per heavy atom. The van der Waals surface area contributed by atoms with Crippen LogP contribution in [0.4, 0.5) is 5.69 Å². The molecule has 0 aromatic heterocycles. The smallest absolute Gasteiger partial charge is 0.270 e. The Morgan fingerprint density at radius 1 is 1.59 bits per heavy atom. The highest BCUT2D eigenvalue weighted by molar-refractivity contribution is 7.99. The van der Waals surface area contributed by atoms with Crippen LogP contribution in [-0.4, -0.2) is 23.8 Å². The van der Waals surface area contributed by atoms with Crippen molar-refractivity contribution >= 4 is 17.4 Å². The fourth-order valence-electron chi connectivity index (χ4n) is 1.29. The first kappa shape index (κ1) is 13.8. The van der Waals surface area contributed by atoms with Crippen molar-refractivity contribution in [3.63, 3.8) is 0 Å². The average molecular weight is 256 g/mol. The summed E-state index contributed by atoms with van der Waals surface area (Å²) in [6, 6.07) is 4.62. The second-order valence-electron chi connectivity index (χ2n) is 3.61. The van der Waals surface area contributed by atoms with E-state index in [0.717, 1.165) is 5.56 Å². The monoisotopic (exact) mass is 256 g/mol. The van der Waals surface area contributed by atoms with Crippen molar-refractivity contribution < 1.29 is 9.66 Å². The minimum absolute atomic E-state index is 0.0850. The van der Waals surface area contributed by atoms with Crippen molar-refractivity contribution in [2.75, 3.05) is 13.7 Å². The fraction of sp³-hybridized carbons (Fsp3) is 0.455. The molecule has 2 N–H and O–H groups in total. The molecule has 0 aliphatic heterocycles. The van der Waals surface area contributed by atoms with Gasteiger partial charge in [0.05, 0.1) is 12.0 Å². The largest absolute Gasteiger partial charge is 0.496 e. The molecule has 1 unspecified atom stereocenters. The average Bonchev–Trinajstić information content (AvgIpc) is 2.35. The predicted octanol–water partition coefficient (Wildman–Crippen LogP) is 2.18. The number of benzene rings is 1. The molecule has 1 rings (SSSR count). The lowest BCUT2D eigenvalue weighted by molar-refractivity contribution is -0.384. The molecular weight excluding hydrogens is 240 g/mol. The summed E-state index contributed by atoms with van der Waals surface area (Å²) in [6.45, 7) is 2.61. The first-order chi connectivity index (χ1) is 8.08. The van der Waals surface area contributed by atoms with Gasteiger partial charge in [0.15, 0.2) is 0 Å². The molecule has 0 aliphatic rings. The van der Waals surface area contributed by atoms with Crippen molar-refractivity contribution in [1.29, 1.82) is 0 Å². The van der Waals surface area contributed by atoms with Crippen LogP contribution in [0.5, 0.6) is 5.75 Å². The van der Waals surface area contributed by atoms with E-state index in [-0.39, 0.29) is 5.69 Å². The van der Waals surface area contributed by atoms with Gasteiger partial charge in [-0.15, -0.1) is 0 Å². The van der Waals surface area contributed by atoms with E-state index in [2.05, 4.69) is 0 Å². The number of methoxy groups -OCH3 is 1. The van der Waals surface area contributed by atoms with Gasteiger partial charge in [0, 0.05) is 35.2 Å². The number of nitrogens with two attached hydrogens (primary N) is 1. The molecule has 0 spiro atoms. The molecule has 0 heterocycles. The number of hydrogen-bond donors (Lipinski definition) is 1. The fourth-order valence-corrected chi connectivity index (χ4v) is 2.12. The van der Waals surface area contributed by atoms with Gasteiger partial charge in [-0.3, -0.25) is 10.1 Å². The third kappa shape index (κ3) is 3.90. The Bertz CT molecular complexity index is 398. The van der Waals surface area contributed by atoms with Gasteiger partial charge in [-0.05, 0) is 6.07 Å². The van der Waals surface area contributed by atoms with Gasteiger partial charge in [-0.1, -0.05) is 6.92 Å². The number of non-ortho nitro benzene ring substituents is 1. The Balaban J connectivity index is 2.86. The zero-order valence-electron chi connectivity index (χ0n) is 9.88.